The van der Waals surface area contributed by atoms with Crippen molar-refractivity contribution in [2.45, 2.75) is 25.1 Å². The molecule has 1 saturated carbocycles. The van der Waals surface area contributed by atoms with E-state index in [2.05, 4.69) is 10.6 Å². The van der Waals surface area contributed by atoms with Gasteiger partial charge in [-0.3, -0.25) is 9.59 Å². The number of alkyl halides is 3. The first kappa shape index (κ1) is 17.0. The van der Waals surface area contributed by atoms with Gasteiger partial charge in [0.25, 0.3) is 0 Å². The van der Waals surface area contributed by atoms with E-state index < -0.39 is 31.1 Å². The Morgan fingerprint density at radius 3 is 2.11 bits per heavy atom. The van der Waals surface area contributed by atoms with Gasteiger partial charge in [-0.25, -0.2) is 0 Å². The summed E-state index contributed by atoms with van der Waals surface area (Å²) in [5.74, 6) is -1.26. The molecular weight excluding hydrogens is 275 g/mol. The second-order valence-corrected chi connectivity index (χ2v) is 3.82. The first-order valence-electron chi connectivity index (χ1n) is 5.20. The third-order valence-corrected chi connectivity index (χ3v) is 2.06. The molecule has 0 bridgehead atoms. The predicted molar refractivity (Wildman–Crippen MR) is 60.3 cm³/mol. The molecule has 0 aromatic carbocycles. The van der Waals surface area contributed by atoms with Gasteiger partial charge in [0.05, 0.1) is 13.1 Å². The normalized spacial score (nSPS) is 14.6. The van der Waals surface area contributed by atoms with E-state index in [4.69, 9.17) is 0 Å². The Balaban J connectivity index is 0.00000289. The fourth-order valence-corrected chi connectivity index (χ4v) is 1.03. The van der Waals surface area contributed by atoms with Crippen LogP contribution in [0.5, 0.6) is 0 Å². The van der Waals surface area contributed by atoms with E-state index in [0.29, 0.717) is 6.04 Å². The molecule has 0 saturated heterocycles. The summed E-state index contributed by atoms with van der Waals surface area (Å²) >= 11 is 0. The lowest BCUT2D eigenvalue weighted by Gasteiger charge is -2.09. The smallest absolute Gasteiger partial charge is 0.346 e. The fraction of sp³-hybridized carbons (Fsp3) is 0.778. The van der Waals surface area contributed by atoms with Crippen molar-refractivity contribution >= 4 is 24.2 Å². The van der Waals surface area contributed by atoms with Gasteiger partial charge in [0.1, 0.15) is 6.54 Å². The van der Waals surface area contributed by atoms with Crippen LogP contribution in [0.3, 0.4) is 0 Å². The van der Waals surface area contributed by atoms with Gasteiger partial charge in [-0.15, -0.1) is 12.4 Å². The summed E-state index contributed by atoms with van der Waals surface area (Å²) in [4.78, 5) is 22.0. The molecule has 3 N–H and O–H groups in total. The third kappa shape index (κ3) is 9.06. The highest BCUT2D eigenvalue weighted by Crippen LogP contribution is 2.17. The number of rotatable bonds is 6. The first-order valence-corrected chi connectivity index (χ1v) is 5.20. The van der Waals surface area contributed by atoms with E-state index in [1.54, 1.807) is 5.32 Å². The molecule has 106 valence electrons. The van der Waals surface area contributed by atoms with Crippen molar-refractivity contribution in [1.82, 2.24) is 16.0 Å². The Morgan fingerprint density at radius 2 is 1.61 bits per heavy atom. The summed E-state index contributed by atoms with van der Waals surface area (Å²) in [6, 6.07) is 0.361. The lowest BCUT2D eigenvalue weighted by molar-refractivity contribution is -0.138. The average molecular weight is 290 g/mol. The number of carbonyl (C=O) groups is 2. The Morgan fingerprint density at radius 1 is 1.06 bits per heavy atom. The van der Waals surface area contributed by atoms with Crippen LogP contribution in [0.25, 0.3) is 0 Å². The van der Waals surface area contributed by atoms with Crippen molar-refractivity contribution in [3.05, 3.63) is 0 Å². The molecule has 1 fully saturated rings. The van der Waals surface area contributed by atoms with Gasteiger partial charge in [-0.1, -0.05) is 0 Å². The number of hydrogen-bond acceptors (Lipinski definition) is 3. The molecule has 1 aliphatic carbocycles. The van der Waals surface area contributed by atoms with E-state index in [0.717, 1.165) is 12.8 Å². The first-order chi connectivity index (χ1) is 7.87. The highest BCUT2D eigenvalue weighted by Gasteiger charge is 2.27. The summed E-state index contributed by atoms with van der Waals surface area (Å²) in [7, 11) is 0. The van der Waals surface area contributed by atoms with Gasteiger partial charge >= 0.3 is 6.18 Å². The van der Waals surface area contributed by atoms with Crippen molar-refractivity contribution in [2.24, 2.45) is 0 Å². The Hall–Kier alpha value is -1.02. The van der Waals surface area contributed by atoms with E-state index in [1.807, 2.05) is 0 Å². The van der Waals surface area contributed by atoms with Crippen molar-refractivity contribution in [1.29, 1.82) is 0 Å². The second kappa shape index (κ2) is 7.42. The molecule has 1 aliphatic rings. The summed E-state index contributed by atoms with van der Waals surface area (Å²) in [6.07, 6.45) is -2.38. The molecule has 0 heterocycles. The van der Waals surface area contributed by atoms with Crippen molar-refractivity contribution < 1.29 is 22.8 Å². The minimum Gasteiger partial charge on any atom is -0.346 e. The molecule has 2 amide bonds. The van der Waals surface area contributed by atoms with Gasteiger partial charge in [0.15, 0.2) is 0 Å². The zero-order chi connectivity index (χ0) is 12.9. The largest absolute Gasteiger partial charge is 0.405 e. The lowest BCUT2D eigenvalue weighted by atomic mass is 10.5. The molecule has 1 rings (SSSR count). The van der Waals surface area contributed by atoms with E-state index >= 15 is 0 Å². The maximum Gasteiger partial charge on any atom is 0.405 e. The van der Waals surface area contributed by atoms with Crippen LogP contribution in [0, 0.1) is 0 Å². The molecule has 0 atom stereocenters. The number of carbonyl (C=O) groups excluding carboxylic acids is 2. The number of amides is 2. The topological polar surface area (TPSA) is 70.2 Å². The van der Waals surface area contributed by atoms with Gasteiger partial charge < -0.3 is 16.0 Å². The standard InChI is InChI=1S/C9H14F3N3O2.ClH/c10-9(11,12)5-15-8(17)4-14-7(16)3-13-6-1-2-6;/h6,13H,1-5H2,(H,14,16)(H,15,17);1H. The summed E-state index contributed by atoms with van der Waals surface area (Å²) in [5, 5.41) is 6.79. The minimum atomic E-state index is -4.44. The quantitative estimate of drug-likeness (QED) is 0.642. The van der Waals surface area contributed by atoms with Crippen LogP contribution in [-0.2, 0) is 9.59 Å². The van der Waals surface area contributed by atoms with Crippen molar-refractivity contribution in [3.63, 3.8) is 0 Å². The van der Waals surface area contributed by atoms with E-state index in [1.165, 1.54) is 0 Å². The van der Waals surface area contributed by atoms with Crippen molar-refractivity contribution in [3.8, 4) is 0 Å². The zero-order valence-corrected chi connectivity index (χ0v) is 10.3. The van der Waals surface area contributed by atoms with Crippen LogP contribution in [-0.4, -0.2) is 43.7 Å². The second-order valence-electron chi connectivity index (χ2n) is 3.82. The van der Waals surface area contributed by atoms with Crippen LogP contribution < -0.4 is 16.0 Å². The maximum atomic E-state index is 11.7. The minimum absolute atomic E-state index is 0. The lowest BCUT2D eigenvalue weighted by Crippen LogP contribution is -2.43. The number of hydrogen-bond donors (Lipinski definition) is 3. The average Bonchev–Trinajstić information content (AvgIpc) is 3.03. The van der Waals surface area contributed by atoms with Crippen LogP contribution in [0.4, 0.5) is 13.2 Å². The Kier molecular flexibility index (Phi) is 7.00. The van der Waals surface area contributed by atoms with Gasteiger partial charge in [0, 0.05) is 6.04 Å². The van der Waals surface area contributed by atoms with Gasteiger partial charge in [0.2, 0.25) is 11.8 Å². The SMILES string of the molecule is Cl.O=C(CNC(=O)CNC1CC1)NCC(F)(F)F. The molecule has 18 heavy (non-hydrogen) atoms. The Bertz CT molecular complexity index is 295. The predicted octanol–water partition coefficient (Wildman–Crippen LogP) is -0.0451. The number of nitrogens with one attached hydrogen (secondary N) is 3. The molecule has 0 spiro atoms. The fourth-order valence-electron chi connectivity index (χ4n) is 1.03. The Labute approximate surface area is 108 Å². The zero-order valence-electron chi connectivity index (χ0n) is 9.47. The van der Waals surface area contributed by atoms with Gasteiger partial charge in [-0.05, 0) is 12.8 Å². The summed E-state index contributed by atoms with van der Waals surface area (Å²) in [6.45, 7) is -1.75. The van der Waals surface area contributed by atoms with E-state index in [9.17, 15) is 22.8 Å². The molecular formula is C9H15ClF3N3O2. The highest BCUT2D eigenvalue weighted by molar-refractivity contribution is 5.85. The number of halogens is 4. The van der Waals surface area contributed by atoms with Crippen LogP contribution in [0.15, 0.2) is 0 Å². The summed E-state index contributed by atoms with van der Waals surface area (Å²) in [5.41, 5.74) is 0. The molecule has 0 aliphatic heterocycles. The van der Waals surface area contributed by atoms with Crippen molar-refractivity contribution in [2.75, 3.05) is 19.6 Å². The van der Waals surface area contributed by atoms with Crippen LogP contribution >= 0.6 is 12.4 Å². The molecule has 9 heteroatoms. The van der Waals surface area contributed by atoms with Gasteiger partial charge in [-0.2, -0.15) is 13.2 Å². The third-order valence-electron chi connectivity index (χ3n) is 2.06. The molecule has 0 aromatic rings. The van der Waals surface area contributed by atoms with E-state index in [-0.39, 0.29) is 19.0 Å². The highest BCUT2D eigenvalue weighted by atomic mass is 35.5. The monoisotopic (exact) mass is 289 g/mol. The van der Waals surface area contributed by atoms with Crippen LogP contribution in [0.1, 0.15) is 12.8 Å². The molecule has 5 nitrogen and oxygen atoms in total. The molecule has 0 unspecified atom stereocenters. The molecule has 0 radical (unpaired) electrons. The summed E-state index contributed by atoms with van der Waals surface area (Å²) < 4.78 is 35.2. The maximum absolute atomic E-state index is 11.7. The van der Waals surface area contributed by atoms with Crippen LogP contribution in [0.2, 0.25) is 0 Å². The molecule has 0 aromatic heterocycles.